The van der Waals surface area contributed by atoms with E-state index in [1.165, 1.54) is 4.31 Å². The molecule has 1 heterocycles. The number of hydrogen-bond donors (Lipinski definition) is 1. The summed E-state index contributed by atoms with van der Waals surface area (Å²) in [6.07, 6.45) is 1.18. The average Bonchev–Trinajstić information content (AvgIpc) is 2.18. The number of rotatable bonds is 4. The number of nitrogens with two attached hydrogens (primary N) is 1. The fraction of sp³-hybridized carbons (Fsp3) is 1.00. The van der Waals surface area contributed by atoms with E-state index < -0.39 is 10.0 Å². The molecule has 1 aliphatic rings. The average molecular weight is 236 g/mol. The largest absolute Gasteiger partial charge is 0.381 e. The molecular weight excluding hydrogens is 216 g/mol. The van der Waals surface area contributed by atoms with Crippen LogP contribution in [-0.4, -0.2) is 50.8 Å². The quantitative estimate of drug-likeness (QED) is 0.732. The van der Waals surface area contributed by atoms with Crippen molar-refractivity contribution in [2.75, 3.05) is 26.8 Å². The smallest absolute Gasteiger partial charge is 0.216 e. The summed E-state index contributed by atoms with van der Waals surface area (Å²) >= 11 is 0. The summed E-state index contributed by atoms with van der Waals surface area (Å²) in [5.41, 5.74) is 5.59. The lowest BCUT2D eigenvalue weighted by Crippen LogP contribution is -2.43. The molecule has 0 aromatic carbocycles. The minimum Gasteiger partial charge on any atom is -0.381 e. The molecule has 0 spiro atoms. The van der Waals surface area contributed by atoms with Crippen LogP contribution in [0.4, 0.5) is 0 Å². The van der Waals surface area contributed by atoms with Crippen LogP contribution in [-0.2, 0) is 14.8 Å². The van der Waals surface area contributed by atoms with E-state index in [4.69, 9.17) is 10.5 Å². The van der Waals surface area contributed by atoms with Gasteiger partial charge < -0.3 is 10.5 Å². The highest BCUT2D eigenvalue weighted by molar-refractivity contribution is 7.89. The van der Waals surface area contributed by atoms with Crippen molar-refractivity contribution in [1.82, 2.24) is 4.31 Å². The highest BCUT2D eigenvalue weighted by atomic mass is 32.2. The van der Waals surface area contributed by atoms with Gasteiger partial charge in [0.05, 0.1) is 5.25 Å². The molecule has 1 fully saturated rings. The van der Waals surface area contributed by atoms with Crippen molar-refractivity contribution < 1.29 is 13.2 Å². The van der Waals surface area contributed by atoms with Crippen LogP contribution in [0.2, 0.25) is 0 Å². The Labute approximate surface area is 91.6 Å². The second-order valence-electron chi connectivity index (χ2n) is 4.11. The molecule has 1 atom stereocenters. The minimum atomic E-state index is -3.18. The Balaban J connectivity index is 2.63. The molecule has 1 aliphatic heterocycles. The second-order valence-corrected chi connectivity index (χ2v) is 6.43. The van der Waals surface area contributed by atoms with Gasteiger partial charge in [0.2, 0.25) is 10.0 Å². The molecule has 0 aliphatic carbocycles. The summed E-state index contributed by atoms with van der Waals surface area (Å²) in [7, 11) is -1.59. The lowest BCUT2D eigenvalue weighted by atomic mass is 10.2. The topological polar surface area (TPSA) is 72.6 Å². The van der Waals surface area contributed by atoms with E-state index >= 15 is 0 Å². The van der Waals surface area contributed by atoms with Crippen molar-refractivity contribution in [2.24, 2.45) is 5.73 Å². The predicted octanol–water partition coefficient (Wildman–Crippen LogP) is -0.226. The van der Waals surface area contributed by atoms with Crippen LogP contribution in [0.5, 0.6) is 0 Å². The molecule has 15 heavy (non-hydrogen) atoms. The van der Waals surface area contributed by atoms with Crippen molar-refractivity contribution >= 4 is 10.0 Å². The third-order valence-electron chi connectivity index (χ3n) is 2.57. The summed E-state index contributed by atoms with van der Waals surface area (Å²) in [6.45, 7) is 3.25. The molecule has 0 saturated carbocycles. The van der Waals surface area contributed by atoms with E-state index in [9.17, 15) is 8.42 Å². The molecular formula is C9H20N2O3S. The lowest BCUT2D eigenvalue weighted by Gasteiger charge is -2.27. The number of ether oxygens (including phenoxy) is 1. The Morgan fingerprint density at radius 2 is 2.00 bits per heavy atom. The fourth-order valence-electron chi connectivity index (χ4n) is 1.74. The summed E-state index contributed by atoms with van der Waals surface area (Å²) in [5.74, 6) is 0. The maximum absolute atomic E-state index is 12.0. The van der Waals surface area contributed by atoms with Gasteiger partial charge in [-0.3, -0.25) is 0 Å². The minimum absolute atomic E-state index is 0.135. The molecule has 1 rings (SSSR count). The highest BCUT2D eigenvalue weighted by Crippen LogP contribution is 2.18. The molecule has 2 N–H and O–H groups in total. The molecule has 1 unspecified atom stereocenters. The third-order valence-corrected chi connectivity index (χ3v) is 4.90. The van der Waals surface area contributed by atoms with E-state index in [1.807, 2.05) is 0 Å². The van der Waals surface area contributed by atoms with Crippen LogP contribution in [0, 0.1) is 0 Å². The van der Waals surface area contributed by atoms with E-state index in [1.54, 1.807) is 14.0 Å². The van der Waals surface area contributed by atoms with Crippen LogP contribution < -0.4 is 5.73 Å². The molecule has 90 valence electrons. The number of sulfonamides is 1. The predicted molar refractivity (Wildman–Crippen MR) is 59.0 cm³/mol. The van der Waals surface area contributed by atoms with E-state index in [2.05, 4.69) is 0 Å². The maximum atomic E-state index is 12.0. The van der Waals surface area contributed by atoms with Gasteiger partial charge >= 0.3 is 0 Å². The van der Waals surface area contributed by atoms with Crippen LogP contribution in [0.3, 0.4) is 0 Å². The molecule has 6 heteroatoms. The van der Waals surface area contributed by atoms with E-state index in [0.717, 1.165) is 0 Å². The molecule has 1 saturated heterocycles. The first kappa shape index (κ1) is 12.9. The van der Waals surface area contributed by atoms with Gasteiger partial charge in [-0.05, 0) is 19.8 Å². The SMILES string of the molecule is CC(N)CN(C)S(=O)(=O)C1CCOCC1. The molecule has 0 amide bonds. The van der Waals surface area contributed by atoms with Crippen LogP contribution in [0.1, 0.15) is 19.8 Å². The zero-order chi connectivity index (χ0) is 11.5. The van der Waals surface area contributed by atoms with Crippen molar-refractivity contribution in [3.63, 3.8) is 0 Å². The lowest BCUT2D eigenvalue weighted by molar-refractivity contribution is 0.0974. The first-order valence-electron chi connectivity index (χ1n) is 5.23. The molecule has 0 aromatic heterocycles. The molecule has 5 nitrogen and oxygen atoms in total. The standard InChI is InChI=1S/C9H20N2O3S/c1-8(10)7-11(2)15(12,13)9-3-5-14-6-4-9/h8-9H,3-7,10H2,1-2H3. The van der Waals surface area contributed by atoms with Gasteiger partial charge in [0, 0.05) is 32.8 Å². The molecule has 0 bridgehead atoms. The molecule has 0 radical (unpaired) electrons. The van der Waals surface area contributed by atoms with Crippen LogP contribution in [0.15, 0.2) is 0 Å². The van der Waals surface area contributed by atoms with Crippen molar-refractivity contribution in [3.05, 3.63) is 0 Å². The fourth-order valence-corrected chi connectivity index (χ4v) is 3.48. The molecule has 0 aromatic rings. The summed E-state index contributed by atoms with van der Waals surface area (Å²) < 4.78 is 30.6. The van der Waals surface area contributed by atoms with Gasteiger partial charge in [0.25, 0.3) is 0 Å². The van der Waals surface area contributed by atoms with Crippen molar-refractivity contribution in [2.45, 2.75) is 31.1 Å². The first-order valence-corrected chi connectivity index (χ1v) is 6.73. The summed E-state index contributed by atoms with van der Waals surface area (Å²) in [5, 5.41) is -0.296. The van der Waals surface area contributed by atoms with Crippen LogP contribution >= 0.6 is 0 Å². The highest BCUT2D eigenvalue weighted by Gasteiger charge is 2.31. The summed E-state index contributed by atoms with van der Waals surface area (Å²) in [4.78, 5) is 0. The Bertz CT molecular complexity index is 284. The van der Waals surface area contributed by atoms with Gasteiger partial charge in [-0.1, -0.05) is 0 Å². The van der Waals surface area contributed by atoms with E-state index in [-0.39, 0.29) is 11.3 Å². The van der Waals surface area contributed by atoms with Gasteiger partial charge in [-0.2, -0.15) is 0 Å². The zero-order valence-corrected chi connectivity index (χ0v) is 10.2. The van der Waals surface area contributed by atoms with Gasteiger partial charge in [-0.15, -0.1) is 0 Å². The monoisotopic (exact) mass is 236 g/mol. The summed E-state index contributed by atoms with van der Waals surface area (Å²) in [6, 6.07) is -0.135. The number of hydrogen-bond acceptors (Lipinski definition) is 4. The van der Waals surface area contributed by atoms with Crippen molar-refractivity contribution in [1.29, 1.82) is 0 Å². The Morgan fingerprint density at radius 1 is 1.47 bits per heavy atom. The first-order chi connectivity index (χ1) is 6.94. The maximum Gasteiger partial charge on any atom is 0.216 e. The van der Waals surface area contributed by atoms with E-state index in [0.29, 0.717) is 32.6 Å². The number of likely N-dealkylation sites (N-methyl/N-ethyl adjacent to an activating group) is 1. The van der Waals surface area contributed by atoms with Crippen molar-refractivity contribution in [3.8, 4) is 0 Å². The Hall–Kier alpha value is -0.170. The number of nitrogens with zero attached hydrogens (tertiary/aromatic N) is 1. The zero-order valence-electron chi connectivity index (χ0n) is 9.35. The van der Waals surface area contributed by atoms with Gasteiger partial charge in [0.15, 0.2) is 0 Å². The Morgan fingerprint density at radius 3 is 2.47 bits per heavy atom. The third kappa shape index (κ3) is 3.41. The van der Waals surface area contributed by atoms with Gasteiger partial charge in [-0.25, -0.2) is 12.7 Å². The van der Waals surface area contributed by atoms with Crippen LogP contribution in [0.25, 0.3) is 0 Å². The van der Waals surface area contributed by atoms with Gasteiger partial charge in [0.1, 0.15) is 0 Å². The normalized spacial score (nSPS) is 21.9. The second kappa shape index (κ2) is 5.25. The Kier molecular flexibility index (Phi) is 4.51.